The van der Waals surface area contributed by atoms with Gasteiger partial charge in [0.1, 0.15) is 5.82 Å². The molecule has 0 N–H and O–H groups in total. The quantitative estimate of drug-likeness (QED) is 0.476. The number of thiophene rings is 1. The Morgan fingerprint density at radius 3 is 2.41 bits per heavy atom. The number of nitrogens with zero attached hydrogens (tertiary/aromatic N) is 2. The monoisotopic (exact) mass is 474 g/mol. The zero-order valence-corrected chi connectivity index (χ0v) is 19.8. The molecule has 0 radical (unpaired) electrons. The first-order valence-electron chi connectivity index (χ1n) is 11.8. The van der Waals surface area contributed by atoms with Crippen LogP contribution in [0.3, 0.4) is 0 Å². The molecular weight excluding hydrogens is 447 g/mol. The minimum absolute atomic E-state index is 0.0149. The van der Waals surface area contributed by atoms with Crippen molar-refractivity contribution in [2.45, 2.75) is 25.8 Å². The summed E-state index contributed by atoms with van der Waals surface area (Å²) in [4.78, 5) is 31.3. The molecule has 0 saturated carbocycles. The van der Waals surface area contributed by atoms with Crippen LogP contribution in [-0.4, -0.2) is 41.2 Å². The molecule has 0 spiro atoms. The van der Waals surface area contributed by atoms with Crippen LogP contribution in [0.1, 0.15) is 28.8 Å². The Bertz CT molecular complexity index is 1230. The van der Waals surface area contributed by atoms with E-state index in [9.17, 15) is 14.0 Å². The maximum atomic E-state index is 14.0. The molecule has 0 atom stereocenters. The zero-order valence-electron chi connectivity index (χ0n) is 19.0. The molecule has 5 rings (SSSR count). The molecule has 0 bridgehead atoms. The molecule has 3 heterocycles. The van der Waals surface area contributed by atoms with E-state index >= 15 is 0 Å². The SMILES string of the molecule is O=C(/C=C/c1ccc(-c2ccccc2F)s1)N1CCC(C(=O)N2CCc3ccccc3C2)CC1. The van der Waals surface area contributed by atoms with Crippen LogP contribution in [0.2, 0.25) is 0 Å². The minimum Gasteiger partial charge on any atom is -0.339 e. The molecule has 6 heteroatoms. The number of rotatable bonds is 4. The standard InChI is InChI=1S/C28H27FN2O2S/c29-25-8-4-3-7-24(25)26-11-9-23(34-26)10-12-27(32)30-16-14-21(15-17-30)28(33)31-18-13-20-5-1-2-6-22(20)19-31/h1-12,21H,13-19H2/b12-10+. The van der Waals surface area contributed by atoms with Gasteiger partial charge in [0.05, 0.1) is 0 Å². The largest absolute Gasteiger partial charge is 0.339 e. The van der Waals surface area contributed by atoms with Crippen molar-refractivity contribution < 1.29 is 14.0 Å². The predicted octanol–water partition coefficient (Wildman–Crippen LogP) is 5.39. The van der Waals surface area contributed by atoms with E-state index in [4.69, 9.17) is 0 Å². The lowest BCUT2D eigenvalue weighted by Gasteiger charge is -2.35. The van der Waals surface area contributed by atoms with Crippen molar-refractivity contribution >= 4 is 29.2 Å². The van der Waals surface area contributed by atoms with Crippen molar-refractivity contribution in [3.63, 3.8) is 0 Å². The summed E-state index contributed by atoms with van der Waals surface area (Å²) in [5, 5.41) is 0. The van der Waals surface area contributed by atoms with E-state index in [2.05, 4.69) is 18.2 Å². The molecular formula is C28H27FN2O2S. The van der Waals surface area contributed by atoms with Gasteiger partial charge in [-0.15, -0.1) is 11.3 Å². The van der Waals surface area contributed by atoms with Gasteiger partial charge >= 0.3 is 0 Å². The van der Waals surface area contributed by atoms with Crippen LogP contribution < -0.4 is 0 Å². The molecule has 1 saturated heterocycles. The Morgan fingerprint density at radius 2 is 1.62 bits per heavy atom. The molecule has 4 nitrogen and oxygen atoms in total. The highest BCUT2D eigenvalue weighted by Gasteiger charge is 2.31. The van der Waals surface area contributed by atoms with Crippen molar-refractivity contribution in [3.8, 4) is 10.4 Å². The smallest absolute Gasteiger partial charge is 0.246 e. The lowest BCUT2D eigenvalue weighted by Crippen LogP contribution is -2.45. The fraction of sp³-hybridized carbons (Fsp3) is 0.286. The molecule has 34 heavy (non-hydrogen) atoms. The summed E-state index contributed by atoms with van der Waals surface area (Å²) in [6.45, 7) is 2.64. The molecule has 2 aliphatic heterocycles. The topological polar surface area (TPSA) is 40.6 Å². The number of hydrogen-bond donors (Lipinski definition) is 0. The summed E-state index contributed by atoms with van der Waals surface area (Å²) >= 11 is 1.46. The molecule has 1 aromatic heterocycles. The Balaban J connectivity index is 1.14. The Hall–Kier alpha value is -3.25. The zero-order chi connectivity index (χ0) is 23.5. The minimum atomic E-state index is -0.248. The summed E-state index contributed by atoms with van der Waals surface area (Å²) in [7, 11) is 0. The Labute approximate surface area is 203 Å². The van der Waals surface area contributed by atoms with Gasteiger partial charge in [-0.05, 0) is 54.7 Å². The van der Waals surface area contributed by atoms with Gasteiger partial charge in [-0.1, -0.05) is 42.5 Å². The lowest BCUT2D eigenvalue weighted by molar-refractivity contribution is -0.140. The molecule has 2 aliphatic rings. The molecule has 174 valence electrons. The van der Waals surface area contributed by atoms with Crippen LogP contribution in [-0.2, 0) is 22.6 Å². The van der Waals surface area contributed by atoms with Gasteiger partial charge in [0.2, 0.25) is 11.8 Å². The van der Waals surface area contributed by atoms with Crippen molar-refractivity contribution in [1.82, 2.24) is 9.80 Å². The highest BCUT2D eigenvalue weighted by Crippen LogP contribution is 2.31. The highest BCUT2D eigenvalue weighted by atomic mass is 32.1. The highest BCUT2D eigenvalue weighted by molar-refractivity contribution is 7.16. The second-order valence-corrected chi connectivity index (χ2v) is 10.0. The maximum absolute atomic E-state index is 14.0. The molecule has 2 aromatic carbocycles. The summed E-state index contributed by atoms with van der Waals surface area (Å²) < 4.78 is 14.0. The first kappa shape index (κ1) is 22.5. The average molecular weight is 475 g/mol. The molecule has 3 aromatic rings. The second-order valence-electron chi connectivity index (χ2n) is 8.89. The van der Waals surface area contributed by atoms with Gasteiger partial charge in [-0.25, -0.2) is 4.39 Å². The number of hydrogen-bond acceptors (Lipinski definition) is 3. The number of carbonyl (C=O) groups excluding carboxylic acids is 2. The number of benzene rings is 2. The third kappa shape index (κ3) is 4.82. The lowest BCUT2D eigenvalue weighted by atomic mass is 9.93. The van der Waals surface area contributed by atoms with Gasteiger partial charge in [0.15, 0.2) is 0 Å². The van der Waals surface area contributed by atoms with Gasteiger partial charge in [0.25, 0.3) is 0 Å². The van der Waals surface area contributed by atoms with Crippen molar-refractivity contribution in [3.05, 3.63) is 88.6 Å². The van der Waals surface area contributed by atoms with Crippen LogP contribution in [0.5, 0.6) is 0 Å². The summed E-state index contributed by atoms with van der Waals surface area (Å²) in [6.07, 6.45) is 5.69. The van der Waals surface area contributed by atoms with Crippen LogP contribution >= 0.6 is 11.3 Å². The van der Waals surface area contributed by atoms with Gasteiger partial charge in [-0.2, -0.15) is 0 Å². The summed E-state index contributed by atoms with van der Waals surface area (Å²) in [6, 6.07) is 18.8. The predicted molar refractivity (Wildman–Crippen MR) is 134 cm³/mol. The van der Waals surface area contributed by atoms with Crippen LogP contribution in [0.25, 0.3) is 16.5 Å². The van der Waals surface area contributed by atoms with Gasteiger partial charge < -0.3 is 9.80 Å². The molecule has 2 amide bonds. The van der Waals surface area contributed by atoms with Gasteiger partial charge in [-0.3, -0.25) is 9.59 Å². The van der Waals surface area contributed by atoms with E-state index < -0.39 is 0 Å². The van der Waals surface area contributed by atoms with Gasteiger partial charge in [0, 0.05) is 53.5 Å². The Kier molecular flexibility index (Phi) is 6.59. The maximum Gasteiger partial charge on any atom is 0.246 e. The molecule has 0 aliphatic carbocycles. The summed E-state index contributed by atoms with van der Waals surface area (Å²) in [5.41, 5.74) is 3.15. The van der Waals surface area contributed by atoms with E-state index in [-0.39, 0.29) is 23.5 Å². The van der Waals surface area contributed by atoms with E-state index in [0.29, 0.717) is 38.0 Å². The number of piperidine rings is 1. The van der Waals surface area contributed by atoms with E-state index in [0.717, 1.165) is 22.7 Å². The second kappa shape index (κ2) is 9.94. The molecule has 0 unspecified atom stereocenters. The van der Waals surface area contributed by atoms with E-state index in [1.165, 1.54) is 28.5 Å². The Morgan fingerprint density at radius 1 is 0.882 bits per heavy atom. The van der Waals surface area contributed by atoms with Crippen molar-refractivity contribution in [2.75, 3.05) is 19.6 Å². The number of fused-ring (bicyclic) bond motifs is 1. The third-order valence-electron chi connectivity index (χ3n) is 6.75. The molecule has 1 fully saturated rings. The van der Waals surface area contributed by atoms with E-state index in [1.807, 2.05) is 34.1 Å². The third-order valence-corrected chi connectivity index (χ3v) is 7.84. The van der Waals surface area contributed by atoms with Crippen molar-refractivity contribution in [2.24, 2.45) is 5.92 Å². The van der Waals surface area contributed by atoms with Crippen LogP contribution in [0, 0.1) is 11.7 Å². The van der Waals surface area contributed by atoms with Crippen LogP contribution in [0.4, 0.5) is 4.39 Å². The van der Waals surface area contributed by atoms with Crippen LogP contribution in [0.15, 0.2) is 66.7 Å². The fourth-order valence-corrected chi connectivity index (χ4v) is 5.73. The average Bonchev–Trinajstić information content (AvgIpc) is 3.35. The normalized spacial score (nSPS) is 16.6. The number of halogens is 1. The summed E-state index contributed by atoms with van der Waals surface area (Å²) in [5.74, 6) is -0.0869. The fourth-order valence-electron chi connectivity index (χ4n) is 4.80. The first-order valence-corrected chi connectivity index (χ1v) is 12.6. The first-order chi connectivity index (χ1) is 16.6. The van der Waals surface area contributed by atoms with E-state index in [1.54, 1.807) is 24.3 Å². The number of likely N-dealkylation sites (tertiary alicyclic amines) is 1. The van der Waals surface area contributed by atoms with Crippen molar-refractivity contribution in [1.29, 1.82) is 0 Å². The number of amides is 2. The number of carbonyl (C=O) groups is 2.